The number of fused-ring (bicyclic) bond motifs is 14. The van der Waals surface area contributed by atoms with Gasteiger partial charge in [0.1, 0.15) is 0 Å². The highest BCUT2D eigenvalue weighted by Gasteiger charge is 2.51. The summed E-state index contributed by atoms with van der Waals surface area (Å²) in [6, 6.07) is 67.9. The molecule has 12 rings (SSSR count). The Labute approximate surface area is 318 Å². The normalized spacial score (nSPS) is 13.2. The molecule has 0 bridgehead atoms. The second kappa shape index (κ2) is 11.4. The maximum absolute atomic E-state index is 5.46. The maximum atomic E-state index is 5.46. The quantitative estimate of drug-likeness (QED) is 0.136. The molecule has 0 N–H and O–H groups in total. The van der Waals surface area contributed by atoms with E-state index >= 15 is 0 Å². The van der Waals surface area contributed by atoms with Crippen molar-refractivity contribution < 1.29 is 0 Å². The minimum Gasteiger partial charge on any atom is -0.208 e. The monoisotopic (exact) mass is 697 g/mol. The predicted octanol–water partition coefficient (Wildman–Crippen LogP) is 12.7. The Morgan fingerprint density at radius 2 is 0.818 bits per heavy atom. The first-order valence-electron chi connectivity index (χ1n) is 18.9. The van der Waals surface area contributed by atoms with Crippen molar-refractivity contribution >= 4 is 32.3 Å². The van der Waals surface area contributed by atoms with Crippen molar-refractivity contribution in [2.24, 2.45) is 0 Å². The first-order chi connectivity index (χ1) is 27.3. The number of aromatic nitrogens is 3. The maximum Gasteiger partial charge on any atom is 0.165 e. The molecule has 0 fully saturated rings. The number of hydrogen-bond acceptors (Lipinski definition) is 3. The molecule has 0 saturated carbocycles. The highest BCUT2D eigenvalue weighted by molar-refractivity contribution is 6.21. The van der Waals surface area contributed by atoms with E-state index in [0.717, 1.165) is 38.2 Å². The van der Waals surface area contributed by atoms with Gasteiger partial charge in [-0.25, -0.2) is 15.0 Å². The summed E-state index contributed by atoms with van der Waals surface area (Å²) in [6.45, 7) is 0. The van der Waals surface area contributed by atoms with Gasteiger partial charge in [-0.1, -0.05) is 176 Å². The average Bonchev–Trinajstić information content (AvgIpc) is 3.73. The van der Waals surface area contributed by atoms with Crippen molar-refractivity contribution in [1.29, 1.82) is 0 Å². The summed E-state index contributed by atoms with van der Waals surface area (Å²) in [5, 5.41) is 6.94. The largest absolute Gasteiger partial charge is 0.208 e. The van der Waals surface area contributed by atoms with Crippen molar-refractivity contribution in [3.63, 3.8) is 0 Å². The van der Waals surface area contributed by atoms with E-state index in [1.54, 1.807) is 0 Å². The zero-order valence-electron chi connectivity index (χ0n) is 29.7. The van der Waals surface area contributed by atoms with Gasteiger partial charge in [-0.3, -0.25) is 0 Å². The van der Waals surface area contributed by atoms with Gasteiger partial charge in [-0.15, -0.1) is 0 Å². The molecule has 0 saturated heterocycles. The van der Waals surface area contributed by atoms with E-state index in [4.69, 9.17) is 15.0 Å². The Balaban J connectivity index is 1.17. The lowest BCUT2D eigenvalue weighted by Crippen LogP contribution is -2.25. The van der Waals surface area contributed by atoms with Crippen LogP contribution in [0, 0.1) is 0 Å². The molecule has 2 aliphatic rings. The van der Waals surface area contributed by atoms with Crippen LogP contribution in [-0.4, -0.2) is 15.0 Å². The van der Waals surface area contributed by atoms with Gasteiger partial charge in [0.15, 0.2) is 17.5 Å². The van der Waals surface area contributed by atoms with Gasteiger partial charge in [0.2, 0.25) is 0 Å². The van der Waals surface area contributed by atoms with E-state index in [0.29, 0.717) is 17.5 Å². The van der Waals surface area contributed by atoms with Crippen LogP contribution in [0.4, 0.5) is 0 Å². The number of hydrogen-bond donors (Lipinski definition) is 0. The Morgan fingerprint density at radius 3 is 1.51 bits per heavy atom. The fraction of sp³-hybridized carbons (Fsp3) is 0.0192. The van der Waals surface area contributed by atoms with Crippen molar-refractivity contribution in [1.82, 2.24) is 15.0 Å². The Hall–Kier alpha value is -7.23. The summed E-state index contributed by atoms with van der Waals surface area (Å²) >= 11 is 0. The predicted molar refractivity (Wildman–Crippen MR) is 225 cm³/mol. The first kappa shape index (κ1) is 30.3. The van der Waals surface area contributed by atoms with Gasteiger partial charge in [0, 0.05) is 22.1 Å². The van der Waals surface area contributed by atoms with Crippen LogP contribution in [0.15, 0.2) is 188 Å². The lowest BCUT2D eigenvalue weighted by molar-refractivity contribution is 0.794. The summed E-state index contributed by atoms with van der Waals surface area (Å²) in [5.41, 5.74) is 12.8. The minimum absolute atomic E-state index is 0.460. The first-order valence-corrected chi connectivity index (χ1v) is 18.9. The van der Waals surface area contributed by atoms with Crippen LogP contribution in [0.1, 0.15) is 22.3 Å². The molecule has 2 aliphatic carbocycles. The van der Waals surface area contributed by atoms with Crippen LogP contribution in [0.3, 0.4) is 0 Å². The summed E-state index contributed by atoms with van der Waals surface area (Å²) in [4.78, 5) is 16.1. The molecular formula is C52H31N3. The van der Waals surface area contributed by atoms with Crippen molar-refractivity contribution in [2.45, 2.75) is 5.41 Å². The van der Waals surface area contributed by atoms with Gasteiger partial charge in [0.25, 0.3) is 0 Å². The molecule has 3 heteroatoms. The molecule has 1 spiro atoms. The van der Waals surface area contributed by atoms with Gasteiger partial charge in [-0.2, -0.15) is 0 Å². The third-order valence-electron chi connectivity index (χ3n) is 11.9. The molecule has 3 nitrogen and oxygen atoms in total. The average molecular weight is 698 g/mol. The second-order valence-electron chi connectivity index (χ2n) is 14.7. The molecule has 0 unspecified atom stereocenters. The molecule has 254 valence electrons. The molecule has 1 heterocycles. The fourth-order valence-electron chi connectivity index (χ4n) is 9.64. The van der Waals surface area contributed by atoms with Gasteiger partial charge >= 0.3 is 0 Å². The van der Waals surface area contributed by atoms with Gasteiger partial charge in [-0.05, 0) is 83.6 Å². The second-order valence-corrected chi connectivity index (χ2v) is 14.7. The van der Waals surface area contributed by atoms with E-state index in [1.807, 2.05) is 18.2 Å². The Bertz CT molecular complexity index is 3150. The highest BCUT2D eigenvalue weighted by Crippen LogP contribution is 2.63. The molecule has 55 heavy (non-hydrogen) atoms. The van der Waals surface area contributed by atoms with E-state index in [2.05, 4.69) is 170 Å². The number of benzene rings is 9. The number of nitrogens with zero attached hydrogens (tertiary/aromatic N) is 3. The van der Waals surface area contributed by atoms with Crippen molar-refractivity contribution in [3.05, 3.63) is 210 Å². The lowest BCUT2D eigenvalue weighted by atomic mass is 9.70. The smallest absolute Gasteiger partial charge is 0.165 e. The zero-order chi connectivity index (χ0) is 36.1. The number of rotatable bonds is 3. The summed E-state index contributed by atoms with van der Waals surface area (Å²) in [6.07, 6.45) is 0. The van der Waals surface area contributed by atoms with E-state index in [1.165, 1.54) is 55.3 Å². The van der Waals surface area contributed by atoms with Gasteiger partial charge in [0.05, 0.1) is 5.41 Å². The SMILES string of the molecule is c1ccc(-c2nc(-c3ccc4c(c3)C3(c5ccccc5-c5ccccc53)c3ccccc3-4)nc(-c3c4ccccc4cc4ccc5ccccc5c34)n2)cc1. The van der Waals surface area contributed by atoms with Crippen LogP contribution >= 0.6 is 0 Å². The molecule has 9 aromatic carbocycles. The van der Waals surface area contributed by atoms with Crippen LogP contribution < -0.4 is 0 Å². The van der Waals surface area contributed by atoms with Crippen LogP contribution in [0.5, 0.6) is 0 Å². The van der Waals surface area contributed by atoms with Crippen molar-refractivity contribution in [3.8, 4) is 56.4 Å². The van der Waals surface area contributed by atoms with Crippen LogP contribution in [0.2, 0.25) is 0 Å². The molecule has 10 aromatic rings. The molecule has 0 atom stereocenters. The summed E-state index contributed by atoms with van der Waals surface area (Å²) in [5.74, 6) is 1.97. The summed E-state index contributed by atoms with van der Waals surface area (Å²) in [7, 11) is 0. The zero-order valence-corrected chi connectivity index (χ0v) is 29.7. The van der Waals surface area contributed by atoms with E-state index in [-0.39, 0.29) is 0 Å². The Morgan fingerprint density at radius 1 is 0.309 bits per heavy atom. The molecule has 0 radical (unpaired) electrons. The van der Waals surface area contributed by atoms with E-state index in [9.17, 15) is 0 Å². The molecular weight excluding hydrogens is 667 g/mol. The molecule has 0 amide bonds. The standard InChI is InChI=1S/C52H31N3/c1-2-15-33(16-3-1)49-53-50(55-51(54-49)48-38-19-7-5-17-34(38)30-35-27-26-32-14-4-6-18-37(32)47(35)48)36-28-29-42-41-22-10-13-25-45(41)52(46(42)31-36)43-23-11-8-20-39(43)40-21-9-12-24-44(40)52/h1-31H. The molecule has 0 aliphatic heterocycles. The third kappa shape index (κ3) is 4.18. The Kier molecular flexibility index (Phi) is 6.26. The summed E-state index contributed by atoms with van der Waals surface area (Å²) < 4.78 is 0. The van der Waals surface area contributed by atoms with Crippen molar-refractivity contribution in [2.75, 3.05) is 0 Å². The third-order valence-corrected chi connectivity index (χ3v) is 11.9. The minimum atomic E-state index is -0.460. The lowest BCUT2D eigenvalue weighted by Gasteiger charge is -2.30. The highest BCUT2D eigenvalue weighted by atomic mass is 15.0. The van der Waals surface area contributed by atoms with Gasteiger partial charge < -0.3 is 0 Å². The van der Waals surface area contributed by atoms with E-state index < -0.39 is 5.41 Å². The topological polar surface area (TPSA) is 38.7 Å². The molecule has 1 aromatic heterocycles. The fourth-order valence-corrected chi connectivity index (χ4v) is 9.64. The van der Waals surface area contributed by atoms with Crippen LogP contribution in [-0.2, 0) is 5.41 Å². The van der Waals surface area contributed by atoms with Crippen LogP contribution in [0.25, 0.3) is 88.7 Å².